The van der Waals surface area contributed by atoms with E-state index in [9.17, 15) is 9.90 Å². The van der Waals surface area contributed by atoms with Crippen LogP contribution in [0, 0.1) is 0 Å². The zero-order valence-electron chi connectivity index (χ0n) is 10.4. The molecule has 0 aliphatic rings. The fourth-order valence-corrected chi connectivity index (χ4v) is 1.54. The number of carbonyl (C=O) groups excluding carboxylic acids is 1. The molecule has 0 saturated heterocycles. The Bertz CT molecular complexity index is 398. The minimum absolute atomic E-state index is 0.106. The SMILES string of the molecule is CN(CC(N)=O)CC(O)COc1cccc(N)c1. The van der Waals surface area contributed by atoms with E-state index in [1.165, 1.54) is 0 Å². The van der Waals surface area contributed by atoms with Crippen molar-refractivity contribution in [3.05, 3.63) is 24.3 Å². The second kappa shape index (κ2) is 6.83. The first kappa shape index (κ1) is 14.3. The summed E-state index contributed by atoms with van der Waals surface area (Å²) in [6.07, 6.45) is -0.698. The lowest BCUT2D eigenvalue weighted by Gasteiger charge is -2.19. The lowest BCUT2D eigenvalue weighted by atomic mass is 10.3. The fourth-order valence-electron chi connectivity index (χ4n) is 1.54. The van der Waals surface area contributed by atoms with E-state index >= 15 is 0 Å². The summed E-state index contributed by atoms with van der Waals surface area (Å²) in [7, 11) is 1.70. The van der Waals surface area contributed by atoms with Crippen molar-refractivity contribution >= 4 is 11.6 Å². The second-order valence-electron chi connectivity index (χ2n) is 4.20. The Hall–Kier alpha value is -1.79. The molecule has 0 saturated carbocycles. The molecule has 1 aromatic rings. The first-order chi connectivity index (χ1) is 8.47. The molecule has 0 bridgehead atoms. The number of amides is 1. The molecule has 6 nitrogen and oxygen atoms in total. The fraction of sp³-hybridized carbons (Fsp3) is 0.417. The highest BCUT2D eigenvalue weighted by Gasteiger charge is 2.10. The van der Waals surface area contributed by atoms with E-state index in [0.717, 1.165) is 0 Å². The summed E-state index contributed by atoms with van der Waals surface area (Å²) in [6, 6.07) is 6.97. The van der Waals surface area contributed by atoms with Crippen molar-refractivity contribution in [1.82, 2.24) is 4.90 Å². The summed E-state index contributed by atoms with van der Waals surface area (Å²) in [6.45, 7) is 0.549. The van der Waals surface area contributed by atoms with Gasteiger partial charge in [-0.05, 0) is 19.2 Å². The molecule has 18 heavy (non-hydrogen) atoms. The molecule has 0 spiro atoms. The summed E-state index contributed by atoms with van der Waals surface area (Å²) < 4.78 is 5.38. The third kappa shape index (κ3) is 5.51. The molecule has 0 aliphatic carbocycles. The number of nitrogens with zero attached hydrogens (tertiary/aromatic N) is 1. The number of carbonyl (C=O) groups is 1. The van der Waals surface area contributed by atoms with Gasteiger partial charge in [-0.15, -0.1) is 0 Å². The normalized spacial score (nSPS) is 12.4. The Kier molecular flexibility index (Phi) is 5.41. The maximum atomic E-state index is 10.7. The Balaban J connectivity index is 2.32. The lowest BCUT2D eigenvalue weighted by Crippen LogP contribution is -2.38. The van der Waals surface area contributed by atoms with Crippen LogP contribution in [0.25, 0.3) is 0 Å². The number of nitrogen functional groups attached to an aromatic ring is 1. The van der Waals surface area contributed by atoms with Crippen molar-refractivity contribution in [2.75, 3.05) is 32.5 Å². The molecule has 0 aliphatic heterocycles. The number of nitrogens with two attached hydrogens (primary N) is 2. The predicted molar refractivity (Wildman–Crippen MR) is 69.0 cm³/mol. The van der Waals surface area contributed by atoms with Gasteiger partial charge in [0, 0.05) is 18.3 Å². The monoisotopic (exact) mass is 253 g/mol. The first-order valence-corrected chi connectivity index (χ1v) is 5.60. The topological polar surface area (TPSA) is 102 Å². The standard InChI is InChI=1S/C12H19N3O3/c1-15(7-12(14)17)6-10(16)8-18-11-4-2-3-9(13)5-11/h2-5,10,16H,6-8,13H2,1H3,(H2,14,17). The van der Waals surface area contributed by atoms with E-state index in [-0.39, 0.29) is 13.2 Å². The molecule has 1 amide bonds. The third-order valence-corrected chi connectivity index (χ3v) is 2.25. The van der Waals surface area contributed by atoms with Crippen molar-refractivity contribution in [1.29, 1.82) is 0 Å². The van der Waals surface area contributed by atoms with Crippen LogP contribution in [0.15, 0.2) is 24.3 Å². The Morgan fingerprint density at radius 2 is 2.28 bits per heavy atom. The number of aliphatic hydroxyl groups is 1. The van der Waals surface area contributed by atoms with E-state index in [1.807, 2.05) is 0 Å². The number of ether oxygens (including phenoxy) is 1. The highest BCUT2D eigenvalue weighted by Crippen LogP contribution is 2.14. The highest BCUT2D eigenvalue weighted by atomic mass is 16.5. The maximum absolute atomic E-state index is 10.7. The Morgan fingerprint density at radius 1 is 1.56 bits per heavy atom. The van der Waals surface area contributed by atoms with Crippen molar-refractivity contribution in [2.24, 2.45) is 5.73 Å². The molecule has 1 unspecified atom stereocenters. The minimum Gasteiger partial charge on any atom is -0.491 e. The van der Waals surface area contributed by atoms with Crippen LogP contribution in [0.5, 0.6) is 5.75 Å². The van der Waals surface area contributed by atoms with Gasteiger partial charge in [-0.3, -0.25) is 9.69 Å². The number of aliphatic hydroxyl groups excluding tert-OH is 1. The molecule has 100 valence electrons. The molecule has 0 aromatic heterocycles. The number of primary amides is 1. The quantitative estimate of drug-likeness (QED) is 0.565. The average molecular weight is 253 g/mol. The van der Waals surface area contributed by atoms with Crippen LogP contribution in [0.3, 0.4) is 0 Å². The van der Waals surface area contributed by atoms with Crippen LogP contribution in [-0.4, -0.2) is 48.8 Å². The molecule has 1 aromatic carbocycles. The summed E-state index contributed by atoms with van der Waals surface area (Å²) in [5, 5.41) is 9.71. The Labute approximate surface area is 106 Å². The number of anilines is 1. The van der Waals surface area contributed by atoms with Crippen molar-refractivity contribution in [2.45, 2.75) is 6.10 Å². The van der Waals surface area contributed by atoms with E-state index in [0.29, 0.717) is 18.0 Å². The number of hydrogen-bond donors (Lipinski definition) is 3. The van der Waals surface area contributed by atoms with Crippen molar-refractivity contribution < 1.29 is 14.6 Å². The van der Waals surface area contributed by atoms with Gasteiger partial charge in [0.25, 0.3) is 0 Å². The lowest BCUT2D eigenvalue weighted by molar-refractivity contribution is -0.119. The second-order valence-corrected chi connectivity index (χ2v) is 4.20. The number of hydrogen-bond acceptors (Lipinski definition) is 5. The maximum Gasteiger partial charge on any atom is 0.231 e. The molecule has 5 N–H and O–H groups in total. The van der Waals surface area contributed by atoms with E-state index < -0.39 is 12.0 Å². The van der Waals surface area contributed by atoms with Gasteiger partial charge >= 0.3 is 0 Å². The number of rotatable bonds is 7. The van der Waals surface area contributed by atoms with Crippen LogP contribution in [-0.2, 0) is 4.79 Å². The molecule has 1 rings (SSSR count). The summed E-state index contributed by atoms with van der Waals surface area (Å²) in [5.74, 6) is 0.174. The van der Waals surface area contributed by atoms with Crippen LogP contribution in [0.1, 0.15) is 0 Å². The van der Waals surface area contributed by atoms with Gasteiger partial charge in [-0.25, -0.2) is 0 Å². The van der Waals surface area contributed by atoms with Gasteiger partial charge < -0.3 is 21.3 Å². The van der Waals surface area contributed by atoms with E-state index in [2.05, 4.69) is 0 Å². The number of likely N-dealkylation sites (N-methyl/N-ethyl adjacent to an activating group) is 1. The van der Waals surface area contributed by atoms with Gasteiger partial charge in [0.1, 0.15) is 18.5 Å². The molecule has 6 heteroatoms. The van der Waals surface area contributed by atoms with Gasteiger partial charge in [0.05, 0.1) is 6.54 Å². The van der Waals surface area contributed by atoms with Crippen LogP contribution in [0.4, 0.5) is 5.69 Å². The van der Waals surface area contributed by atoms with Crippen molar-refractivity contribution in [3.63, 3.8) is 0 Å². The van der Waals surface area contributed by atoms with Gasteiger partial charge in [-0.1, -0.05) is 6.07 Å². The van der Waals surface area contributed by atoms with E-state index in [1.54, 1.807) is 36.2 Å². The predicted octanol–water partition coefficient (Wildman–Crippen LogP) is -0.574. The summed E-state index contributed by atoms with van der Waals surface area (Å²) in [5.41, 5.74) is 11.2. The van der Waals surface area contributed by atoms with E-state index in [4.69, 9.17) is 16.2 Å². The zero-order chi connectivity index (χ0) is 13.5. The average Bonchev–Trinajstić information content (AvgIpc) is 2.25. The third-order valence-electron chi connectivity index (χ3n) is 2.25. The first-order valence-electron chi connectivity index (χ1n) is 5.60. The van der Waals surface area contributed by atoms with Crippen LogP contribution < -0.4 is 16.2 Å². The summed E-state index contributed by atoms with van der Waals surface area (Å²) >= 11 is 0. The largest absolute Gasteiger partial charge is 0.491 e. The molecule has 0 fully saturated rings. The molecule has 0 heterocycles. The van der Waals surface area contributed by atoms with Gasteiger partial charge in [0.2, 0.25) is 5.91 Å². The van der Waals surface area contributed by atoms with Gasteiger partial charge in [0.15, 0.2) is 0 Å². The zero-order valence-corrected chi connectivity index (χ0v) is 10.4. The molecule has 1 atom stereocenters. The highest BCUT2D eigenvalue weighted by molar-refractivity contribution is 5.75. The summed E-state index contributed by atoms with van der Waals surface area (Å²) in [4.78, 5) is 12.3. The number of benzene rings is 1. The van der Waals surface area contributed by atoms with Gasteiger partial charge in [-0.2, -0.15) is 0 Å². The van der Waals surface area contributed by atoms with Crippen molar-refractivity contribution in [3.8, 4) is 5.75 Å². The molecule has 0 radical (unpaired) electrons. The Morgan fingerprint density at radius 3 is 2.89 bits per heavy atom. The van der Waals surface area contributed by atoms with Crippen LogP contribution in [0.2, 0.25) is 0 Å². The molecular formula is C12H19N3O3. The van der Waals surface area contributed by atoms with Crippen LogP contribution >= 0.6 is 0 Å². The minimum atomic E-state index is -0.698. The smallest absolute Gasteiger partial charge is 0.231 e. The molecular weight excluding hydrogens is 234 g/mol.